The second-order valence-corrected chi connectivity index (χ2v) is 5.15. The van der Waals surface area contributed by atoms with Crippen LogP contribution >= 0.6 is 24.0 Å². The largest absolute Gasteiger partial charge is 0.370 e. The summed E-state index contributed by atoms with van der Waals surface area (Å²) in [5, 5.41) is 3.06. The summed E-state index contributed by atoms with van der Waals surface area (Å²) in [4.78, 5) is 8.73. The molecule has 0 radical (unpaired) electrons. The highest BCUT2D eigenvalue weighted by Crippen LogP contribution is 2.07. The lowest BCUT2D eigenvalue weighted by atomic mass is 10.2. The summed E-state index contributed by atoms with van der Waals surface area (Å²) in [5.41, 5.74) is 8.07. The van der Waals surface area contributed by atoms with E-state index in [1.807, 2.05) is 54.7 Å². The Balaban J connectivity index is 0.00000208. The Bertz CT molecular complexity index is 768. The van der Waals surface area contributed by atoms with Gasteiger partial charge < -0.3 is 15.6 Å². The van der Waals surface area contributed by atoms with Gasteiger partial charge in [-0.05, 0) is 17.7 Å². The minimum absolute atomic E-state index is 0. The topological polar surface area (TPSA) is 68.2 Å². The van der Waals surface area contributed by atoms with E-state index in [-0.39, 0.29) is 24.0 Å². The number of nitrogens with one attached hydrogen (secondary N) is 1. The SMILES string of the molecule is I.NC(=NCc1nccn1Cc1ccccc1)Nc1ccccc1. The number of rotatable bonds is 5. The van der Waals surface area contributed by atoms with Crippen LogP contribution in [0.4, 0.5) is 5.69 Å². The summed E-state index contributed by atoms with van der Waals surface area (Å²) in [5.74, 6) is 1.26. The van der Waals surface area contributed by atoms with Gasteiger partial charge in [0.15, 0.2) is 5.96 Å². The monoisotopic (exact) mass is 433 g/mol. The zero-order valence-corrected chi connectivity index (χ0v) is 15.5. The summed E-state index contributed by atoms with van der Waals surface area (Å²) < 4.78 is 2.08. The van der Waals surface area contributed by atoms with Crippen molar-refractivity contribution in [2.24, 2.45) is 10.7 Å². The standard InChI is InChI=1S/C18H19N5.HI/c19-18(22-16-9-5-2-6-10-16)21-13-17-20-11-12-23(17)14-15-7-3-1-4-8-15;/h1-12H,13-14H2,(H3,19,21,22);1H. The molecule has 0 bridgehead atoms. The van der Waals surface area contributed by atoms with Crippen LogP contribution in [0.1, 0.15) is 11.4 Å². The van der Waals surface area contributed by atoms with Gasteiger partial charge in [0.2, 0.25) is 0 Å². The number of nitrogens with zero attached hydrogens (tertiary/aromatic N) is 3. The Labute approximate surface area is 158 Å². The van der Waals surface area contributed by atoms with Gasteiger partial charge in [-0.2, -0.15) is 0 Å². The number of hydrogen-bond donors (Lipinski definition) is 2. The third-order valence-corrected chi connectivity index (χ3v) is 3.43. The Morgan fingerprint density at radius 2 is 1.71 bits per heavy atom. The average Bonchev–Trinajstić information content (AvgIpc) is 3.02. The number of guanidine groups is 1. The highest BCUT2D eigenvalue weighted by atomic mass is 127. The molecule has 1 aromatic heterocycles. The predicted molar refractivity (Wildman–Crippen MR) is 109 cm³/mol. The van der Waals surface area contributed by atoms with Gasteiger partial charge >= 0.3 is 0 Å². The van der Waals surface area contributed by atoms with E-state index in [2.05, 4.69) is 32.0 Å². The van der Waals surface area contributed by atoms with Gasteiger partial charge in [-0.3, -0.25) is 0 Å². The molecule has 5 nitrogen and oxygen atoms in total. The Hall–Kier alpha value is -2.35. The zero-order chi connectivity index (χ0) is 15.9. The first-order valence-electron chi connectivity index (χ1n) is 7.47. The third-order valence-electron chi connectivity index (χ3n) is 3.43. The average molecular weight is 433 g/mol. The molecule has 0 saturated heterocycles. The summed E-state index contributed by atoms with van der Waals surface area (Å²) >= 11 is 0. The summed E-state index contributed by atoms with van der Waals surface area (Å²) in [6.45, 7) is 1.21. The van der Waals surface area contributed by atoms with E-state index < -0.39 is 0 Å². The van der Waals surface area contributed by atoms with Crippen LogP contribution in [-0.4, -0.2) is 15.5 Å². The predicted octanol–water partition coefficient (Wildman–Crippen LogP) is 3.48. The van der Waals surface area contributed by atoms with Crippen LogP contribution in [0.25, 0.3) is 0 Å². The minimum Gasteiger partial charge on any atom is -0.370 e. The number of halogens is 1. The van der Waals surface area contributed by atoms with Crippen LogP contribution < -0.4 is 11.1 Å². The van der Waals surface area contributed by atoms with Crippen molar-refractivity contribution in [2.75, 3.05) is 5.32 Å². The molecule has 0 saturated carbocycles. The number of anilines is 1. The highest BCUT2D eigenvalue weighted by Gasteiger charge is 2.03. The smallest absolute Gasteiger partial charge is 0.193 e. The van der Waals surface area contributed by atoms with Crippen molar-refractivity contribution in [1.82, 2.24) is 9.55 Å². The Morgan fingerprint density at radius 1 is 1.04 bits per heavy atom. The molecule has 0 amide bonds. The van der Waals surface area contributed by atoms with E-state index in [1.54, 1.807) is 6.20 Å². The Kier molecular flexibility index (Phi) is 6.80. The highest BCUT2D eigenvalue weighted by molar-refractivity contribution is 14.0. The van der Waals surface area contributed by atoms with Crippen molar-refractivity contribution >= 4 is 35.6 Å². The van der Waals surface area contributed by atoms with Crippen LogP contribution in [0.15, 0.2) is 78.0 Å². The fourth-order valence-corrected chi connectivity index (χ4v) is 2.28. The maximum atomic E-state index is 5.93. The van der Waals surface area contributed by atoms with Gasteiger partial charge in [-0.25, -0.2) is 9.98 Å². The molecule has 2 aromatic carbocycles. The molecule has 0 aliphatic carbocycles. The fourth-order valence-electron chi connectivity index (χ4n) is 2.28. The van der Waals surface area contributed by atoms with E-state index in [1.165, 1.54) is 5.56 Å². The lowest BCUT2D eigenvalue weighted by Crippen LogP contribution is -2.22. The number of benzene rings is 2. The third kappa shape index (κ3) is 5.09. The molecular formula is C18H20IN5. The van der Waals surface area contributed by atoms with Gasteiger partial charge in [-0.1, -0.05) is 48.5 Å². The van der Waals surface area contributed by atoms with Crippen LogP contribution in [0.5, 0.6) is 0 Å². The van der Waals surface area contributed by atoms with Crippen molar-refractivity contribution in [2.45, 2.75) is 13.1 Å². The molecule has 0 fully saturated rings. The van der Waals surface area contributed by atoms with Gasteiger partial charge in [0.25, 0.3) is 0 Å². The van der Waals surface area contributed by atoms with E-state index in [0.717, 1.165) is 18.1 Å². The van der Waals surface area contributed by atoms with Crippen LogP contribution in [0.3, 0.4) is 0 Å². The normalized spacial score (nSPS) is 10.9. The second-order valence-electron chi connectivity index (χ2n) is 5.15. The van der Waals surface area contributed by atoms with Crippen molar-refractivity contribution in [3.63, 3.8) is 0 Å². The number of aliphatic imine (C=N–C) groups is 1. The number of para-hydroxylation sites is 1. The fraction of sp³-hybridized carbons (Fsp3) is 0.111. The van der Waals surface area contributed by atoms with E-state index in [4.69, 9.17) is 5.73 Å². The first kappa shape index (κ1) is 18.0. The molecule has 24 heavy (non-hydrogen) atoms. The number of aromatic nitrogens is 2. The summed E-state index contributed by atoms with van der Waals surface area (Å²) in [6, 6.07) is 20.0. The lowest BCUT2D eigenvalue weighted by molar-refractivity contribution is 0.724. The zero-order valence-electron chi connectivity index (χ0n) is 13.2. The second kappa shape index (κ2) is 9.07. The van der Waals surface area contributed by atoms with Crippen molar-refractivity contribution in [1.29, 1.82) is 0 Å². The van der Waals surface area contributed by atoms with Crippen molar-refractivity contribution in [3.05, 3.63) is 84.4 Å². The lowest BCUT2D eigenvalue weighted by Gasteiger charge is -2.08. The first-order chi connectivity index (χ1) is 11.3. The molecule has 6 heteroatoms. The van der Waals surface area contributed by atoms with Crippen molar-refractivity contribution < 1.29 is 0 Å². The molecule has 0 spiro atoms. The van der Waals surface area contributed by atoms with Crippen molar-refractivity contribution in [3.8, 4) is 0 Å². The quantitative estimate of drug-likeness (QED) is 0.368. The Morgan fingerprint density at radius 3 is 2.42 bits per heavy atom. The molecule has 1 heterocycles. The van der Waals surface area contributed by atoms with Gasteiger partial charge in [0.05, 0.1) is 0 Å². The first-order valence-corrected chi connectivity index (χ1v) is 7.47. The van der Waals surface area contributed by atoms with Gasteiger partial charge in [-0.15, -0.1) is 24.0 Å². The molecule has 0 unspecified atom stereocenters. The molecule has 124 valence electrons. The van der Waals surface area contributed by atoms with Crippen LogP contribution in [0.2, 0.25) is 0 Å². The maximum absolute atomic E-state index is 5.93. The van der Waals surface area contributed by atoms with Gasteiger partial charge in [0.1, 0.15) is 12.4 Å². The number of imidazole rings is 1. The molecular weight excluding hydrogens is 413 g/mol. The number of nitrogens with two attached hydrogens (primary N) is 1. The minimum atomic E-state index is 0. The molecule has 0 aliphatic heterocycles. The summed E-state index contributed by atoms with van der Waals surface area (Å²) in [6.07, 6.45) is 3.74. The van der Waals surface area contributed by atoms with Gasteiger partial charge in [0, 0.05) is 24.6 Å². The molecule has 0 aliphatic rings. The van der Waals surface area contributed by atoms with Crippen LogP contribution in [0, 0.1) is 0 Å². The summed E-state index contributed by atoms with van der Waals surface area (Å²) in [7, 11) is 0. The molecule has 3 rings (SSSR count). The van der Waals surface area contributed by atoms with E-state index in [0.29, 0.717) is 12.5 Å². The van der Waals surface area contributed by atoms with E-state index in [9.17, 15) is 0 Å². The molecule has 3 N–H and O–H groups in total. The number of hydrogen-bond acceptors (Lipinski definition) is 2. The molecule has 3 aromatic rings. The molecule has 0 atom stereocenters. The maximum Gasteiger partial charge on any atom is 0.193 e. The van der Waals surface area contributed by atoms with E-state index >= 15 is 0 Å². The van der Waals surface area contributed by atoms with Crippen LogP contribution in [-0.2, 0) is 13.1 Å².